The monoisotopic (exact) mass is 262 g/mol. The Kier molecular flexibility index (Phi) is 4.59. The maximum absolute atomic E-state index is 5.66. The van der Waals surface area contributed by atoms with Crippen LogP contribution in [-0.4, -0.2) is 11.5 Å². The predicted octanol–water partition coefficient (Wildman–Crippen LogP) is 3.62. The number of nitrogens with one attached hydrogen (secondary N) is 1. The van der Waals surface area contributed by atoms with Crippen LogP contribution in [0.5, 0.6) is 0 Å². The first-order chi connectivity index (χ1) is 8.66. The summed E-state index contributed by atoms with van der Waals surface area (Å²) in [4.78, 5) is 0.477. The Labute approximate surface area is 115 Å². The summed E-state index contributed by atoms with van der Waals surface area (Å²) in [5, 5.41) is 3.49. The van der Waals surface area contributed by atoms with Gasteiger partial charge in [-0.2, -0.15) is 0 Å². The van der Waals surface area contributed by atoms with Gasteiger partial charge in [0, 0.05) is 17.8 Å². The van der Waals surface area contributed by atoms with Crippen LogP contribution in [0, 0.1) is 12.8 Å². The molecule has 0 atom stereocenters. The van der Waals surface area contributed by atoms with E-state index in [0.717, 1.165) is 23.6 Å². The standard InChI is InChI=1S/C15H22N2S/c1-11-10-13(6-7-14(11)15(16)18)17-9-8-12-4-2-3-5-12/h6-7,10,12,17H,2-5,8-9H2,1H3,(H2,16,18). The quantitative estimate of drug-likeness (QED) is 0.796. The van der Waals surface area contributed by atoms with Crippen LogP contribution in [0.2, 0.25) is 0 Å². The molecule has 98 valence electrons. The van der Waals surface area contributed by atoms with Crippen LogP contribution < -0.4 is 11.1 Å². The van der Waals surface area contributed by atoms with E-state index in [4.69, 9.17) is 18.0 Å². The molecule has 1 aromatic rings. The number of rotatable bonds is 5. The minimum atomic E-state index is 0.477. The molecule has 1 aromatic carbocycles. The topological polar surface area (TPSA) is 38.0 Å². The molecule has 1 saturated carbocycles. The first-order valence-corrected chi connectivity index (χ1v) is 7.22. The van der Waals surface area contributed by atoms with Gasteiger partial charge in [0.2, 0.25) is 0 Å². The largest absolute Gasteiger partial charge is 0.389 e. The van der Waals surface area contributed by atoms with Crippen LogP contribution in [0.1, 0.15) is 43.2 Å². The molecule has 1 aliphatic rings. The second kappa shape index (κ2) is 6.19. The highest BCUT2D eigenvalue weighted by Gasteiger charge is 2.14. The number of hydrogen-bond donors (Lipinski definition) is 2. The predicted molar refractivity (Wildman–Crippen MR) is 82.1 cm³/mol. The molecule has 0 bridgehead atoms. The lowest BCUT2D eigenvalue weighted by molar-refractivity contribution is 0.518. The second-order valence-electron chi connectivity index (χ2n) is 5.26. The average molecular weight is 262 g/mol. The van der Waals surface area contributed by atoms with Crippen LogP contribution in [0.4, 0.5) is 5.69 Å². The highest BCUT2D eigenvalue weighted by molar-refractivity contribution is 7.80. The van der Waals surface area contributed by atoms with E-state index in [9.17, 15) is 0 Å². The van der Waals surface area contributed by atoms with Gasteiger partial charge >= 0.3 is 0 Å². The van der Waals surface area contributed by atoms with Crippen molar-refractivity contribution in [1.82, 2.24) is 0 Å². The normalized spacial score (nSPS) is 15.8. The molecule has 0 saturated heterocycles. The Morgan fingerprint density at radius 3 is 2.72 bits per heavy atom. The van der Waals surface area contributed by atoms with E-state index >= 15 is 0 Å². The van der Waals surface area contributed by atoms with E-state index in [-0.39, 0.29) is 0 Å². The summed E-state index contributed by atoms with van der Waals surface area (Å²) < 4.78 is 0. The number of hydrogen-bond acceptors (Lipinski definition) is 2. The van der Waals surface area contributed by atoms with Crippen LogP contribution in [0.3, 0.4) is 0 Å². The maximum atomic E-state index is 5.66. The van der Waals surface area contributed by atoms with Crippen molar-refractivity contribution in [3.05, 3.63) is 29.3 Å². The van der Waals surface area contributed by atoms with E-state index in [1.807, 2.05) is 6.07 Å². The molecular formula is C15H22N2S. The highest BCUT2D eigenvalue weighted by Crippen LogP contribution is 2.27. The van der Waals surface area contributed by atoms with Crippen molar-refractivity contribution in [3.63, 3.8) is 0 Å². The van der Waals surface area contributed by atoms with E-state index in [2.05, 4.69) is 24.4 Å². The Balaban J connectivity index is 1.85. The second-order valence-corrected chi connectivity index (χ2v) is 5.70. The smallest absolute Gasteiger partial charge is 0.104 e. The molecule has 2 rings (SSSR count). The molecule has 1 aliphatic carbocycles. The summed E-state index contributed by atoms with van der Waals surface area (Å²) in [6, 6.07) is 6.20. The van der Waals surface area contributed by atoms with Gasteiger partial charge in [0.1, 0.15) is 4.99 Å². The summed E-state index contributed by atoms with van der Waals surface area (Å²) in [5.41, 5.74) is 8.96. The van der Waals surface area contributed by atoms with Crippen LogP contribution >= 0.6 is 12.2 Å². The summed E-state index contributed by atoms with van der Waals surface area (Å²) in [7, 11) is 0. The minimum absolute atomic E-state index is 0.477. The van der Waals surface area contributed by atoms with E-state index < -0.39 is 0 Å². The van der Waals surface area contributed by atoms with Crippen LogP contribution in [0.25, 0.3) is 0 Å². The third-order valence-corrected chi connectivity index (χ3v) is 4.07. The van der Waals surface area contributed by atoms with E-state index in [1.165, 1.54) is 37.8 Å². The zero-order valence-corrected chi connectivity index (χ0v) is 11.9. The number of aryl methyl sites for hydroxylation is 1. The fourth-order valence-corrected chi connectivity index (χ4v) is 3.00. The third-order valence-electron chi connectivity index (χ3n) is 3.85. The average Bonchev–Trinajstić information content (AvgIpc) is 2.81. The van der Waals surface area contributed by atoms with Gasteiger partial charge < -0.3 is 11.1 Å². The molecule has 3 heteroatoms. The molecule has 3 N–H and O–H groups in total. The zero-order valence-electron chi connectivity index (χ0n) is 11.0. The molecule has 0 unspecified atom stereocenters. The van der Waals surface area contributed by atoms with Crippen molar-refractivity contribution >= 4 is 22.9 Å². The Morgan fingerprint density at radius 1 is 1.39 bits per heavy atom. The van der Waals surface area contributed by atoms with Crippen molar-refractivity contribution in [1.29, 1.82) is 0 Å². The summed E-state index contributed by atoms with van der Waals surface area (Å²) >= 11 is 5.01. The first kappa shape index (κ1) is 13.3. The van der Waals surface area contributed by atoms with Crippen molar-refractivity contribution in [2.45, 2.75) is 39.0 Å². The number of thiocarbonyl (C=S) groups is 1. The number of anilines is 1. The SMILES string of the molecule is Cc1cc(NCCC2CCCC2)ccc1C(N)=S. The number of benzene rings is 1. The van der Waals surface area contributed by atoms with Gasteiger partial charge in [-0.3, -0.25) is 0 Å². The van der Waals surface area contributed by atoms with Crippen LogP contribution in [0.15, 0.2) is 18.2 Å². The third kappa shape index (κ3) is 3.45. The summed E-state index contributed by atoms with van der Waals surface area (Å²) in [6.07, 6.45) is 6.97. The molecule has 0 radical (unpaired) electrons. The summed E-state index contributed by atoms with van der Waals surface area (Å²) in [5.74, 6) is 0.939. The van der Waals surface area contributed by atoms with Gasteiger partial charge in [-0.25, -0.2) is 0 Å². The van der Waals surface area contributed by atoms with Gasteiger partial charge in [0.25, 0.3) is 0 Å². The molecule has 0 heterocycles. The molecule has 0 aromatic heterocycles. The van der Waals surface area contributed by atoms with Crippen molar-refractivity contribution in [2.75, 3.05) is 11.9 Å². The molecule has 18 heavy (non-hydrogen) atoms. The molecule has 0 amide bonds. The van der Waals surface area contributed by atoms with Gasteiger partial charge in [0.05, 0.1) is 0 Å². The lowest BCUT2D eigenvalue weighted by atomic mass is 10.0. The Hall–Kier alpha value is -1.09. The van der Waals surface area contributed by atoms with E-state index in [1.54, 1.807) is 0 Å². The molecule has 1 fully saturated rings. The lowest BCUT2D eigenvalue weighted by Crippen LogP contribution is -2.12. The van der Waals surface area contributed by atoms with E-state index in [0.29, 0.717) is 4.99 Å². The highest BCUT2D eigenvalue weighted by atomic mass is 32.1. The first-order valence-electron chi connectivity index (χ1n) is 6.81. The Morgan fingerprint density at radius 2 is 2.11 bits per heavy atom. The fraction of sp³-hybridized carbons (Fsp3) is 0.533. The van der Waals surface area contributed by atoms with Crippen molar-refractivity contribution in [2.24, 2.45) is 11.7 Å². The number of nitrogens with two attached hydrogens (primary N) is 1. The zero-order chi connectivity index (χ0) is 13.0. The molecular weight excluding hydrogens is 240 g/mol. The fourth-order valence-electron chi connectivity index (χ4n) is 2.77. The molecule has 0 spiro atoms. The van der Waals surface area contributed by atoms with Gasteiger partial charge in [-0.15, -0.1) is 0 Å². The Bertz CT molecular complexity index is 423. The minimum Gasteiger partial charge on any atom is -0.389 e. The summed E-state index contributed by atoms with van der Waals surface area (Å²) in [6.45, 7) is 3.12. The lowest BCUT2D eigenvalue weighted by Gasteiger charge is -2.12. The van der Waals surface area contributed by atoms with Gasteiger partial charge in [-0.05, 0) is 43.0 Å². The van der Waals surface area contributed by atoms with Crippen LogP contribution in [-0.2, 0) is 0 Å². The van der Waals surface area contributed by atoms with Gasteiger partial charge in [-0.1, -0.05) is 37.9 Å². The molecule has 2 nitrogen and oxygen atoms in total. The van der Waals surface area contributed by atoms with Crippen molar-refractivity contribution < 1.29 is 0 Å². The van der Waals surface area contributed by atoms with Crippen molar-refractivity contribution in [3.8, 4) is 0 Å². The van der Waals surface area contributed by atoms with Gasteiger partial charge in [0.15, 0.2) is 0 Å². The maximum Gasteiger partial charge on any atom is 0.104 e. The molecule has 0 aliphatic heterocycles.